The van der Waals surface area contributed by atoms with Crippen LogP contribution in [0.4, 0.5) is 0 Å². The Kier molecular flexibility index (Phi) is 7.82. The van der Waals surface area contributed by atoms with Crippen LogP contribution in [-0.4, -0.2) is 45.8 Å². The molecule has 0 spiro atoms. The average Bonchev–Trinajstić information content (AvgIpc) is 2.62. The van der Waals surface area contributed by atoms with E-state index in [1.165, 1.54) is 31.7 Å². The molecule has 1 saturated carbocycles. The summed E-state index contributed by atoms with van der Waals surface area (Å²) in [6.45, 7) is 5.30. The minimum Gasteiger partial charge on any atom is -0.353 e. The van der Waals surface area contributed by atoms with Crippen LogP contribution in [0.2, 0.25) is 0 Å². The van der Waals surface area contributed by atoms with Gasteiger partial charge in [0.2, 0.25) is 5.91 Å². The number of amides is 2. The number of carbonyl (C=O) groups excluding carboxylic acids is 2. The van der Waals surface area contributed by atoms with E-state index in [-0.39, 0.29) is 11.8 Å². The van der Waals surface area contributed by atoms with Crippen LogP contribution in [0, 0.1) is 5.92 Å². The van der Waals surface area contributed by atoms with E-state index in [1.54, 1.807) is 11.1 Å². The van der Waals surface area contributed by atoms with E-state index in [0.29, 0.717) is 37.2 Å². The maximum atomic E-state index is 12.7. The standard InChI is InChI=1S/C19H30N4O2/c1-15(2)8-12-23(19(25)17-14-20-10-11-21-17)13-9-18(24)22-16-6-4-3-5-7-16/h10-11,14-16H,3-9,12-13H2,1-2H3,(H,22,24). The van der Waals surface area contributed by atoms with Crippen molar-refractivity contribution in [2.24, 2.45) is 5.92 Å². The van der Waals surface area contributed by atoms with Gasteiger partial charge in [-0.1, -0.05) is 33.1 Å². The molecular weight excluding hydrogens is 316 g/mol. The van der Waals surface area contributed by atoms with Crippen LogP contribution in [0.25, 0.3) is 0 Å². The van der Waals surface area contributed by atoms with Crippen molar-refractivity contribution >= 4 is 11.8 Å². The van der Waals surface area contributed by atoms with Crippen molar-refractivity contribution in [2.75, 3.05) is 13.1 Å². The van der Waals surface area contributed by atoms with E-state index < -0.39 is 0 Å². The Hall–Kier alpha value is -1.98. The molecule has 1 fully saturated rings. The fourth-order valence-corrected chi connectivity index (χ4v) is 3.08. The van der Waals surface area contributed by atoms with E-state index in [4.69, 9.17) is 0 Å². The zero-order chi connectivity index (χ0) is 18.1. The second-order valence-corrected chi connectivity index (χ2v) is 7.22. The second kappa shape index (κ2) is 10.1. The SMILES string of the molecule is CC(C)CCN(CCC(=O)NC1CCCCC1)C(=O)c1cnccn1. The van der Waals surface area contributed by atoms with Gasteiger partial charge in [0, 0.05) is 37.9 Å². The molecule has 2 rings (SSSR count). The number of hydrogen-bond acceptors (Lipinski definition) is 4. The van der Waals surface area contributed by atoms with Crippen LogP contribution < -0.4 is 5.32 Å². The highest BCUT2D eigenvalue weighted by atomic mass is 16.2. The first-order valence-electron chi connectivity index (χ1n) is 9.41. The van der Waals surface area contributed by atoms with Crippen molar-refractivity contribution < 1.29 is 9.59 Å². The predicted molar refractivity (Wildman–Crippen MR) is 97.0 cm³/mol. The first kappa shape index (κ1) is 19.3. The van der Waals surface area contributed by atoms with E-state index in [0.717, 1.165) is 19.3 Å². The molecule has 2 amide bonds. The summed E-state index contributed by atoms with van der Waals surface area (Å²) >= 11 is 0. The summed E-state index contributed by atoms with van der Waals surface area (Å²) in [5.74, 6) is 0.376. The minimum atomic E-state index is -0.154. The maximum Gasteiger partial charge on any atom is 0.274 e. The Morgan fingerprint density at radius 1 is 1.20 bits per heavy atom. The van der Waals surface area contributed by atoms with Crippen LogP contribution in [0.1, 0.15) is 69.3 Å². The molecule has 0 radical (unpaired) electrons. The van der Waals surface area contributed by atoms with E-state index in [2.05, 4.69) is 29.1 Å². The fraction of sp³-hybridized carbons (Fsp3) is 0.684. The lowest BCUT2D eigenvalue weighted by Crippen LogP contribution is -2.40. The number of rotatable bonds is 8. The van der Waals surface area contributed by atoms with Gasteiger partial charge < -0.3 is 10.2 Å². The first-order valence-corrected chi connectivity index (χ1v) is 9.41. The van der Waals surface area contributed by atoms with E-state index >= 15 is 0 Å². The summed E-state index contributed by atoms with van der Waals surface area (Å²) in [4.78, 5) is 34.7. The van der Waals surface area contributed by atoms with Gasteiger partial charge in [-0.05, 0) is 25.2 Å². The van der Waals surface area contributed by atoms with Gasteiger partial charge in [0.15, 0.2) is 0 Å². The molecule has 25 heavy (non-hydrogen) atoms. The van der Waals surface area contributed by atoms with Gasteiger partial charge in [-0.3, -0.25) is 14.6 Å². The second-order valence-electron chi connectivity index (χ2n) is 7.22. The molecule has 138 valence electrons. The van der Waals surface area contributed by atoms with Crippen molar-refractivity contribution in [1.82, 2.24) is 20.2 Å². The molecule has 1 heterocycles. The van der Waals surface area contributed by atoms with E-state index in [9.17, 15) is 9.59 Å². The fourth-order valence-electron chi connectivity index (χ4n) is 3.08. The maximum absolute atomic E-state index is 12.7. The summed E-state index contributed by atoms with van der Waals surface area (Å²) in [6, 6.07) is 0.307. The molecule has 0 atom stereocenters. The lowest BCUT2D eigenvalue weighted by Gasteiger charge is -2.25. The summed E-state index contributed by atoms with van der Waals surface area (Å²) < 4.78 is 0. The lowest BCUT2D eigenvalue weighted by molar-refractivity contribution is -0.122. The Balaban J connectivity index is 1.88. The molecule has 0 aromatic carbocycles. The van der Waals surface area contributed by atoms with Crippen molar-refractivity contribution in [1.29, 1.82) is 0 Å². The molecule has 1 N–H and O–H groups in total. The van der Waals surface area contributed by atoms with Gasteiger partial charge in [-0.15, -0.1) is 0 Å². The molecule has 1 aromatic heterocycles. The van der Waals surface area contributed by atoms with Crippen LogP contribution in [-0.2, 0) is 4.79 Å². The van der Waals surface area contributed by atoms with Crippen LogP contribution in [0.3, 0.4) is 0 Å². The van der Waals surface area contributed by atoms with Crippen molar-refractivity contribution in [3.8, 4) is 0 Å². The quantitative estimate of drug-likeness (QED) is 0.785. The Morgan fingerprint density at radius 3 is 2.60 bits per heavy atom. The van der Waals surface area contributed by atoms with Crippen molar-refractivity contribution in [3.05, 3.63) is 24.3 Å². The first-order chi connectivity index (χ1) is 12.1. The molecule has 0 unspecified atom stereocenters. The van der Waals surface area contributed by atoms with Crippen LogP contribution >= 0.6 is 0 Å². The van der Waals surface area contributed by atoms with Gasteiger partial charge in [0.1, 0.15) is 5.69 Å². The van der Waals surface area contributed by atoms with Gasteiger partial charge >= 0.3 is 0 Å². The summed E-state index contributed by atoms with van der Waals surface area (Å²) in [6.07, 6.45) is 11.6. The summed E-state index contributed by atoms with van der Waals surface area (Å²) in [5.41, 5.74) is 0.332. The zero-order valence-corrected chi connectivity index (χ0v) is 15.4. The monoisotopic (exact) mass is 346 g/mol. The molecule has 0 saturated heterocycles. The number of carbonyl (C=O) groups is 2. The van der Waals surface area contributed by atoms with Crippen LogP contribution in [0.5, 0.6) is 0 Å². The topological polar surface area (TPSA) is 75.2 Å². The molecule has 1 aromatic rings. The molecule has 1 aliphatic carbocycles. The molecule has 6 nitrogen and oxygen atoms in total. The average molecular weight is 346 g/mol. The summed E-state index contributed by atoms with van der Waals surface area (Å²) in [7, 11) is 0. The highest BCUT2D eigenvalue weighted by Gasteiger charge is 2.20. The third-order valence-corrected chi connectivity index (χ3v) is 4.62. The van der Waals surface area contributed by atoms with Gasteiger partial charge in [0.05, 0.1) is 6.20 Å². The zero-order valence-electron chi connectivity index (χ0n) is 15.4. The third-order valence-electron chi connectivity index (χ3n) is 4.62. The molecule has 1 aliphatic rings. The normalized spacial score (nSPS) is 15.2. The molecule has 0 bridgehead atoms. The third kappa shape index (κ3) is 6.80. The highest BCUT2D eigenvalue weighted by molar-refractivity contribution is 5.92. The Bertz CT molecular complexity index is 542. The Morgan fingerprint density at radius 2 is 1.96 bits per heavy atom. The molecular formula is C19H30N4O2. The smallest absolute Gasteiger partial charge is 0.274 e. The summed E-state index contributed by atoms with van der Waals surface area (Å²) in [5, 5.41) is 3.11. The number of hydrogen-bond donors (Lipinski definition) is 1. The van der Waals surface area contributed by atoms with Crippen LogP contribution in [0.15, 0.2) is 18.6 Å². The highest BCUT2D eigenvalue weighted by Crippen LogP contribution is 2.17. The Labute approximate surface area is 150 Å². The van der Waals surface area contributed by atoms with E-state index in [1.807, 2.05) is 0 Å². The lowest BCUT2D eigenvalue weighted by atomic mass is 9.95. The van der Waals surface area contributed by atoms with Gasteiger partial charge in [-0.25, -0.2) is 4.98 Å². The number of nitrogens with one attached hydrogen (secondary N) is 1. The van der Waals surface area contributed by atoms with Gasteiger partial charge in [0.25, 0.3) is 5.91 Å². The van der Waals surface area contributed by atoms with Gasteiger partial charge in [-0.2, -0.15) is 0 Å². The van der Waals surface area contributed by atoms with Crippen molar-refractivity contribution in [2.45, 2.75) is 64.8 Å². The molecule has 6 heteroatoms. The number of aromatic nitrogens is 2. The van der Waals surface area contributed by atoms with Crippen molar-refractivity contribution in [3.63, 3.8) is 0 Å². The minimum absolute atomic E-state index is 0.0355. The number of nitrogens with zero attached hydrogens (tertiary/aromatic N) is 3. The molecule has 0 aliphatic heterocycles. The largest absolute Gasteiger partial charge is 0.353 e. The predicted octanol–water partition coefficient (Wildman–Crippen LogP) is 2.80.